The number of aromatic nitrogens is 1. The second kappa shape index (κ2) is 6.38. The molecule has 1 aromatic carbocycles. The summed E-state index contributed by atoms with van der Waals surface area (Å²) in [5.74, 6) is 1.06. The maximum atomic E-state index is 4.84. The molecule has 0 atom stereocenters. The number of rotatable bonds is 5. The van der Waals surface area contributed by atoms with E-state index in [2.05, 4.69) is 60.2 Å². The number of aryl methyl sites for hydroxylation is 2. The van der Waals surface area contributed by atoms with Gasteiger partial charge in [-0.1, -0.05) is 36.2 Å². The summed E-state index contributed by atoms with van der Waals surface area (Å²) < 4.78 is 1.12. The molecule has 2 rings (SSSR count). The highest BCUT2D eigenvalue weighted by molar-refractivity contribution is 9.10. The average Bonchev–Trinajstić information content (AvgIpc) is 2.37. The number of halogens is 1. The summed E-state index contributed by atoms with van der Waals surface area (Å²) in [6, 6.07) is 6.55. The van der Waals surface area contributed by atoms with Crippen LogP contribution in [-0.2, 0) is 6.42 Å². The maximum absolute atomic E-state index is 4.84. The highest BCUT2D eigenvalue weighted by Gasteiger charge is 2.08. The van der Waals surface area contributed by atoms with Crippen molar-refractivity contribution in [1.29, 1.82) is 0 Å². The molecule has 1 N–H and O–H groups in total. The minimum Gasteiger partial charge on any atom is -0.370 e. The summed E-state index contributed by atoms with van der Waals surface area (Å²) in [7, 11) is 0. The highest BCUT2D eigenvalue weighted by Crippen LogP contribution is 2.27. The minimum atomic E-state index is 0.977. The Bertz CT molecular complexity index is 578. The van der Waals surface area contributed by atoms with E-state index < -0.39 is 0 Å². The standard InChI is InChI=1S/C16H21BrN2/c1-4-6-12-9-13-10-14(17)8-11(3)15(13)19-16(12)18-7-5-2/h8-10H,4-7H2,1-3H3,(H,18,19). The summed E-state index contributed by atoms with van der Waals surface area (Å²) in [5.41, 5.74) is 3.63. The van der Waals surface area contributed by atoms with E-state index in [0.717, 1.165) is 41.6 Å². The van der Waals surface area contributed by atoms with Gasteiger partial charge in [-0.25, -0.2) is 4.98 Å². The van der Waals surface area contributed by atoms with Crippen molar-refractivity contribution in [2.24, 2.45) is 0 Å². The van der Waals surface area contributed by atoms with Gasteiger partial charge < -0.3 is 5.32 Å². The summed E-state index contributed by atoms with van der Waals surface area (Å²) in [5, 5.41) is 4.68. The first-order valence-corrected chi connectivity index (χ1v) is 7.78. The van der Waals surface area contributed by atoms with Crippen LogP contribution in [0.15, 0.2) is 22.7 Å². The second-order valence-corrected chi connectivity index (χ2v) is 5.88. The lowest BCUT2D eigenvalue weighted by Crippen LogP contribution is -2.06. The maximum Gasteiger partial charge on any atom is 0.129 e. The summed E-state index contributed by atoms with van der Waals surface area (Å²) in [6.07, 6.45) is 3.33. The molecule has 0 fully saturated rings. The van der Waals surface area contributed by atoms with Crippen LogP contribution in [0.2, 0.25) is 0 Å². The zero-order valence-corrected chi connectivity index (χ0v) is 13.5. The molecule has 0 spiro atoms. The Morgan fingerprint density at radius 2 is 1.95 bits per heavy atom. The Balaban J connectivity index is 2.55. The average molecular weight is 321 g/mol. The third-order valence-corrected chi connectivity index (χ3v) is 3.67. The minimum absolute atomic E-state index is 0.977. The number of nitrogens with zero attached hydrogens (tertiary/aromatic N) is 1. The molecule has 3 heteroatoms. The van der Waals surface area contributed by atoms with Crippen LogP contribution in [0, 0.1) is 6.92 Å². The van der Waals surface area contributed by atoms with E-state index in [9.17, 15) is 0 Å². The molecule has 0 aliphatic rings. The molecule has 0 unspecified atom stereocenters. The normalized spacial score (nSPS) is 10.9. The Morgan fingerprint density at radius 3 is 2.63 bits per heavy atom. The van der Waals surface area contributed by atoms with Gasteiger partial charge in [0.05, 0.1) is 5.52 Å². The molecule has 2 aromatic rings. The van der Waals surface area contributed by atoms with Gasteiger partial charge in [0, 0.05) is 16.4 Å². The van der Waals surface area contributed by atoms with Crippen LogP contribution in [0.1, 0.15) is 37.8 Å². The Kier molecular flexibility index (Phi) is 4.81. The van der Waals surface area contributed by atoms with Crippen molar-refractivity contribution >= 4 is 32.7 Å². The zero-order valence-electron chi connectivity index (χ0n) is 11.9. The van der Waals surface area contributed by atoms with E-state index in [-0.39, 0.29) is 0 Å². The summed E-state index contributed by atoms with van der Waals surface area (Å²) >= 11 is 3.56. The van der Waals surface area contributed by atoms with Gasteiger partial charge in [0.15, 0.2) is 0 Å². The number of anilines is 1. The first kappa shape index (κ1) is 14.3. The number of pyridine rings is 1. The van der Waals surface area contributed by atoms with Crippen LogP contribution < -0.4 is 5.32 Å². The lowest BCUT2D eigenvalue weighted by Gasteiger charge is -2.13. The SMILES string of the molecule is CCCNc1nc2c(C)cc(Br)cc2cc1CCC. The molecule has 1 heterocycles. The van der Waals surface area contributed by atoms with Crippen molar-refractivity contribution in [3.8, 4) is 0 Å². The molecular formula is C16H21BrN2. The molecule has 0 aliphatic heterocycles. The van der Waals surface area contributed by atoms with Gasteiger partial charge >= 0.3 is 0 Å². The van der Waals surface area contributed by atoms with Crippen molar-refractivity contribution in [1.82, 2.24) is 4.98 Å². The first-order valence-electron chi connectivity index (χ1n) is 6.99. The lowest BCUT2D eigenvalue weighted by atomic mass is 10.1. The van der Waals surface area contributed by atoms with E-state index in [4.69, 9.17) is 4.98 Å². The van der Waals surface area contributed by atoms with Crippen LogP contribution in [0.3, 0.4) is 0 Å². The monoisotopic (exact) mass is 320 g/mol. The molecule has 0 saturated carbocycles. The molecule has 2 nitrogen and oxygen atoms in total. The van der Waals surface area contributed by atoms with E-state index in [1.165, 1.54) is 16.5 Å². The Labute approximate surface area is 123 Å². The fourth-order valence-electron chi connectivity index (χ4n) is 2.32. The van der Waals surface area contributed by atoms with Gasteiger partial charge in [0.25, 0.3) is 0 Å². The van der Waals surface area contributed by atoms with Crippen molar-refractivity contribution < 1.29 is 0 Å². The van der Waals surface area contributed by atoms with Crippen LogP contribution in [0.4, 0.5) is 5.82 Å². The van der Waals surface area contributed by atoms with Gasteiger partial charge in [-0.2, -0.15) is 0 Å². The predicted octanol–water partition coefficient (Wildman–Crippen LogP) is 5.08. The Hall–Kier alpha value is -1.09. The van der Waals surface area contributed by atoms with Gasteiger partial charge in [-0.3, -0.25) is 0 Å². The van der Waals surface area contributed by atoms with E-state index in [1.54, 1.807) is 0 Å². The number of fused-ring (bicyclic) bond motifs is 1. The molecule has 102 valence electrons. The third kappa shape index (κ3) is 3.27. The van der Waals surface area contributed by atoms with Gasteiger partial charge in [0.1, 0.15) is 5.82 Å². The fourth-order valence-corrected chi connectivity index (χ4v) is 2.91. The third-order valence-electron chi connectivity index (χ3n) is 3.21. The van der Waals surface area contributed by atoms with E-state index in [0.29, 0.717) is 0 Å². The first-order chi connectivity index (χ1) is 9.15. The number of hydrogen-bond donors (Lipinski definition) is 1. The van der Waals surface area contributed by atoms with E-state index >= 15 is 0 Å². The molecular weight excluding hydrogens is 300 g/mol. The molecule has 1 aromatic heterocycles. The zero-order chi connectivity index (χ0) is 13.8. The smallest absolute Gasteiger partial charge is 0.129 e. The van der Waals surface area contributed by atoms with Gasteiger partial charge in [-0.05, 0) is 49.1 Å². The van der Waals surface area contributed by atoms with Gasteiger partial charge in [-0.15, -0.1) is 0 Å². The molecule has 0 bridgehead atoms. The molecule has 0 saturated heterocycles. The topological polar surface area (TPSA) is 24.9 Å². The molecule has 19 heavy (non-hydrogen) atoms. The predicted molar refractivity (Wildman–Crippen MR) is 87.0 cm³/mol. The van der Waals surface area contributed by atoms with Crippen molar-refractivity contribution in [2.75, 3.05) is 11.9 Å². The van der Waals surface area contributed by atoms with Crippen LogP contribution in [0.25, 0.3) is 10.9 Å². The molecule has 0 radical (unpaired) electrons. The van der Waals surface area contributed by atoms with Crippen molar-refractivity contribution in [3.05, 3.63) is 33.8 Å². The van der Waals surface area contributed by atoms with Crippen LogP contribution in [0.5, 0.6) is 0 Å². The second-order valence-electron chi connectivity index (χ2n) is 4.97. The largest absolute Gasteiger partial charge is 0.370 e. The van der Waals surface area contributed by atoms with E-state index in [1.807, 2.05) is 0 Å². The number of hydrogen-bond acceptors (Lipinski definition) is 2. The van der Waals surface area contributed by atoms with Crippen LogP contribution in [-0.4, -0.2) is 11.5 Å². The number of nitrogens with one attached hydrogen (secondary N) is 1. The van der Waals surface area contributed by atoms with Crippen LogP contribution >= 0.6 is 15.9 Å². The fraction of sp³-hybridized carbons (Fsp3) is 0.438. The highest BCUT2D eigenvalue weighted by atomic mass is 79.9. The molecule has 0 amide bonds. The number of benzene rings is 1. The van der Waals surface area contributed by atoms with Crippen molar-refractivity contribution in [2.45, 2.75) is 40.0 Å². The Morgan fingerprint density at radius 1 is 1.16 bits per heavy atom. The quantitative estimate of drug-likeness (QED) is 0.830. The molecule has 0 aliphatic carbocycles. The van der Waals surface area contributed by atoms with Crippen molar-refractivity contribution in [3.63, 3.8) is 0 Å². The lowest BCUT2D eigenvalue weighted by molar-refractivity contribution is 0.906. The summed E-state index contributed by atoms with van der Waals surface area (Å²) in [6.45, 7) is 7.48. The summed E-state index contributed by atoms with van der Waals surface area (Å²) in [4.78, 5) is 4.84. The van der Waals surface area contributed by atoms with Gasteiger partial charge in [0.2, 0.25) is 0 Å².